The largest absolute Gasteiger partial charge is 0.348 e. The van der Waals surface area contributed by atoms with Crippen molar-refractivity contribution in [1.29, 1.82) is 0 Å². The highest BCUT2D eigenvalue weighted by Gasteiger charge is 2.46. The van der Waals surface area contributed by atoms with Gasteiger partial charge < -0.3 is 9.55 Å². The molecule has 1 saturated heterocycles. The van der Waals surface area contributed by atoms with Crippen molar-refractivity contribution < 1.29 is 0 Å². The fraction of sp³-hybridized carbons (Fsp3) is 0.522. The lowest BCUT2D eigenvalue weighted by Crippen LogP contribution is -2.56. The lowest BCUT2D eigenvalue weighted by molar-refractivity contribution is 0.00309. The van der Waals surface area contributed by atoms with Gasteiger partial charge in [-0.2, -0.15) is 0 Å². The molecule has 0 saturated carbocycles. The number of imidazole rings is 1. The number of rotatable bonds is 4. The zero-order valence-electron chi connectivity index (χ0n) is 17.1. The summed E-state index contributed by atoms with van der Waals surface area (Å²) in [6.07, 6.45) is 6.57. The highest BCUT2D eigenvalue weighted by molar-refractivity contribution is 5.81. The number of aryl methyl sites for hydroxylation is 1. The molecular formula is C23H31N5. The van der Waals surface area contributed by atoms with Gasteiger partial charge in [-0.05, 0) is 43.3 Å². The van der Waals surface area contributed by atoms with E-state index in [1.54, 1.807) is 0 Å². The van der Waals surface area contributed by atoms with Gasteiger partial charge in [0.1, 0.15) is 0 Å². The van der Waals surface area contributed by atoms with Gasteiger partial charge in [0.05, 0.1) is 17.6 Å². The highest BCUT2D eigenvalue weighted by Crippen LogP contribution is 2.42. The maximum Gasteiger partial charge on any atom is 0.0926 e. The Labute approximate surface area is 167 Å². The molecule has 0 radical (unpaired) electrons. The molecule has 0 amide bonds. The van der Waals surface area contributed by atoms with Crippen molar-refractivity contribution in [2.24, 2.45) is 7.05 Å². The fourth-order valence-electron chi connectivity index (χ4n) is 5.48. The summed E-state index contributed by atoms with van der Waals surface area (Å²) in [5.74, 6) is 0. The van der Waals surface area contributed by atoms with E-state index in [0.29, 0.717) is 0 Å². The number of para-hydroxylation sites is 1. The van der Waals surface area contributed by atoms with Crippen LogP contribution in [0.3, 0.4) is 0 Å². The molecule has 1 spiro atoms. The van der Waals surface area contributed by atoms with E-state index in [-0.39, 0.29) is 5.54 Å². The maximum atomic E-state index is 4.80. The molecule has 5 heteroatoms. The summed E-state index contributed by atoms with van der Waals surface area (Å²) < 4.78 is 2.36. The fourth-order valence-corrected chi connectivity index (χ4v) is 5.48. The van der Waals surface area contributed by atoms with Gasteiger partial charge in [-0.3, -0.25) is 9.80 Å². The maximum absolute atomic E-state index is 4.80. The molecule has 2 aliphatic rings. The van der Waals surface area contributed by atoms with E-state index in [1.165, 1.54) is 53.8 Å². The van der Waals surface area contributed by atoms with E-state index in [9.17, 15) is 0 Å². The number of likely N-dealkylation sites (tertiary alicyclic amines) is 1. The Bertz CT molecular complexity index is 960. The van der Waals surface area contributed by atoms with Crippen LogP contribution in [-0.4, -0.2) is 50.5 Å². The summed E-state index contributed by atoms with van der Waals surface area (Å²) in [7, 11) is 2.20. The number of benzene rings is 1. The summed E-state index contributed by atoms with van der Waals surface area (Å²) in [5.41, 5.74) is 5.57. The highest BCUT2D eigenvalue weighted by atomic mass is 15.3. The second-order valence-electron chi connectivity index (χ2n) is 8.53. The van der Waals surface area contributed by atoms with Gasteiger partial charge in [-0.1, -0.05) is 25.1 Å². The average molecular weight is 378 g/mol. The second kappa shape index (κ2) is 7.05. The quantitative estimate of drug-likeness (QED) is 0.754. The standard InChI is InChI=1S/C23H31N5/c1-3-11-28-12-8-20-22(25-17-24-20)23(28)9-13-27(14-10-23)16-19-15-18-6-4-5-7-21(18)26(19)2/h4-7,15,17H,3,8-14,16H2,1-2H3,(H,24,25). The molecular weight excluding hydrogens is 346 g/mol. The minimum absolute atomic E-state index is 0.138. The number of fused-ring (bicyclic) bond motifs is 3. The SMILES string of the molecule is CCCN1CCc2[nH]cnc2C12CCN(Cc1cc3ccccc3n1C)CC2. The smallest absolute Gasteiger partial charge is 0.0926 e. The Balaban J connectivity index is 1.36. The molecule has 5 rings (SSSR count). The van der Waals surface area contributed by atoms with Gasteiger partial charge in [0.25, 0.3) is 0 Å². The van der Waals surface area contributed by atoms with Gasteiger partial charge >= 0.3 is 0 Å². The normalized spacial score (nSPS) is 20.1. The van der Waals surface area contributed by atoms with Gasteiger partial charge in [0, 0.05) is 56.6 Å². The average Bonchev–Trinajstić information content (AvgIpc) is 3.32. The monoisotopic (exact) mass is 377 g/mol. The second-order valence-corrected chi connectivity index (χ2v) is 8.53. The van der Waals surface area contributed by atoms with Crippen LogP contribution in [0.2, 0.25) is 0 Å². The van der Waals surface area contributed by atoms with Crippen molar-refractivity contribution in [2.75, 3.05) is 26.2 Å². The Morgan fingerprint density at radius 2 is 1.96 bits per heavy atom. The third-order valence-corrected chi connectivity index (χ3v) is 7.01. The van der Waals surface area contributed by atoms with Crippen LogP contribution >= 0.6 is 0 Å². The lowest BCUT2D eigenvalue weighted by atomic mass is 9.78. The van der Waals surface area contributed by atoms with Crippen molar-refractivity contribution in [3.05, 3.63) is 53.7 Å². The number of nitrogens with zero attached hydrogens (tertiary/aromatic N) is 4. The number of hydrogen-bond donors (Lipinski definition) is 1. The molecule has 1 aromatic carbocycles. The predicted molar refractivity (Wildman–Crippen MR) is 113 cm³/mol. The Hall–Kier alpha value is -2.11. The Morgan fingerprint density at radius 1 is 1.14 bits per heavy atom. The minimum atomic E-state index is 0.138. The summed E-state index contributed by atoms with van der Waals surface area (Å²) in [5, 5.41) is 1.34. The van der Waals surface area contributed by atoms with E-state index in [0.717, 1.165) is 32.6 Å². The molecule has 2 aromatic heterocycles. The first-order valence-electron chi connectivity index (χ1n) is 10.7. The molecule has 28 heavy (non-hydrogen) atoms. The number of nitrogens with one attached hydrogen (secondary N) is 1. The van der Waals surface area contributed by atoms with E-state index in [2.05, 4.69) is 63.7 Å². The van der Waals surface area contributed by atoms with E-state index in [4.69, 9.17) is 4.98 Å². The molecule has 5 nitrogen and oxygen atoms in total. The van der Waals surface area contributed by atoms with Crippen LogP contribution in [-0.2, 0) is 25.6 Å². The van der Waals surface area contributed by atoms with Crippen molar-refractivity contribution in [1.82, 2.24) is 24.3 Å². The van der Waals surface area contributed by atoms with Crippen molar-refractivity contribution in [3.8, 4) is 0 Å². The van der Waals surface area contributed by atoms with E-state index >= 15 is 0 Å². The van der Waals surface area contributed by atoms with Crippen LogP contribution in [0.5, 0.6) is 0 Å². The topological polar surface area (TPSA) is 40.1 Å². The van der Waals surface area contributed by atoms with E-state index in [1.807, 2.05) is 6.33 Å². The Kier molecular flexibility index (Phi) is 4.52. The third-order valence-electron chi connectivity index (χ3n) is 7.01. The first-order chi connectivity index (χ1) is 13.7. The molecule has 0 bridgehead atoms. The third kappa shape index (κ3) is 2.80. The molecule has 1 fully saturated rings. The zero-order chi connectivity index (χ0) is 19.1. The minimum Gasteiger partial charge on any atom is -0.348 e. The van der Waals surface area contributed by atoms with Gasteiger partial charge in [0.15, 0.2) is 0 Å². The van der Waals surface area contributed by atoms with Gasteiger partial charge in [0.2, 0.25) is 0 Å². The molecule has 0 aliphatic carbocycles. The summed E-state index contributed by atoms with van der Waals surface area (Å²) in [6.45, 7) is 7.93. The van der Waals surface area contributed by atoms with Gasteiger partial charge in [-0.15, -0.1) is 0 Å². The van der Waals surface area contributed by atoms with Crippen molar-refractivity contribution in [3.63, 3.8) is 0 Å². The van der Waals surface area contributed by atoms with E-state index < -0.39 is 0 Å². The molecule has 3 aromatic rings. The van der Waals surface area contributed by atoms with Crippen molar-refractivity contribution >= 4 is 10.9 Å². The first kappa shape index (κ1) is 18.0. The molecule has 4 heterocycles. The predicted octanol–water partition coefficient (Wildman–Crippen LogP) is 3.66. The zero-order valence-corrected chi connectivity index (χ0v) is 17.1. The molecule has 1 N–H and O–H groups in total. The molecule has 148 valence electrons. The van der Waals surface area contributed by atoms with Gasteiger partial charge in [-0.25, -0.2) is 4.98 Å². The van der Waals surface area contributed by atoms with Crippen LogP contribution in [0.4, 0.5) is 0 Å². The van der Waals surface area contributed by atoms with Crippen LogP contribution in [0.1, 0.15) is 43.3 Å². The van der Waals surface area contributed by atoms with Crippen LogP contribution in [0, 0.1) is 0 Å². The number of H-pyrrole nitrogens is 1. The molecule has 2 aliphatic heterocycles. The number of aromatic amines is 1. The summed E-state index contributed by atoms with van der Waals surface area (Å²) >= 11 is 0. The number of hydrogen-bond acceptors (Lipinski definition) is 3. The molecule has 0 unspecified atom stereocenters. The summed E-state index contributed by atoms with van der Waals surface area (Å²) in [4.78, 5) is 13.6. The van der Waals surface area contributed by atoms with Crippen LogP contribution < -0.4 is 0 Å². The summed E-state index contributed by atoms with van der Waals surface area (Å²) in [6, 6.07) is 11.0. The number of aromatic nitrogens is 3. The van der Waals surface area contributed by atoms with Crippen LogP contribution in [0.15, 0.2) is 36.7 Å². The van der Waals surface area contributed by atoms with Crippen LogP contribution in [0.25, 0.3) is 10.9 Å². The lowest BCUT2D eigenvalue weighted by Gasteiger charge is -2.50. The molecule has 0 atom stereocenters. The Morgan fingerprint density at radius 3 is 2.75 bits per heavy atom. The van der Waals surface area contributed by atoms with Crippen molar-refractivity contribution in [2.45, 2.75) is 44.7 Å². The first-order valence-corrected chi connectivity index (χ1v) is 10.7. The number of piperidine rings is 1.